The van der Waals surface area contributed by atoms with Gasteiger partial charge < -0.3 is 5.73 Å². The van der Waals surface area contributed by atoms with Crippen molar-refractivity contribution in [3.63, 3.8) is 0 Å². The Balaban J connectivity index is 2.36. The fourth-order valence-corrected chi connectivity index (χ4v) is 1.81. The van der Waals surface area contributed by atoms with Gasteiger partial charge >= 0.3 is 0 Å². The molecule has 6 N–H and O–H groups in total. The first-order valence-electron chi connectivity index (χ1n) is 3.96. The van der Waals surface area contributed by atoms with E-state index >= 15 is 0 Å². The number of thiazole rings is 1. The molecule has 0 saturated carbocycles. The third kappa shape index (κ3) is 1.48. The summed E-state index contributed by atoms with van der Waals surface area (Å²) in [5.74, 6) is 5.94. The molecular weight excluding hydrogens is 200 g/mol. The van der Waals surface area contributed by atoms with Crippen LogP contribution in [-0.2, 0) is 0 Å². The molecule has 0 spiro atoms. The fraction of sp³-hybridized carbons (Fsp3) is 0.143. The largest absolute Gasteiger partial charge is 0.384 e. The number of hydrogen-bond acceptors (Lipinski definition) is 6. The molecule has 0 radical (unpaired) electrons. The van der Waals surface area contributed by atoms with E-state index < -0.39 is 0 Å². The van der Waals surface area contributed by atoms with Crippen molar-refractivity contribution in [2.45, 2.75) is 6.04 Å². The van der Waals surface area contributed by atoms with Gasteiger partial charge in [-0.3, -0.25) is 10.9 Å². The van der Waals surface area contributed by atoms with Gasteiger partial charge in [-0.25, -0.2) is 10.4 Å². The highest BCUT2D eigenvalue weighted by Gasteiger charge is 2.18. The molecule has 1 atom stereocenters. The topological polar surface area (TPSA) is 106 Å². The average Bonchev–Trinajstić information content (AvgIpc) is 2.80. The first-order valence-corrected chi connectivity index (χ1v) is 4.90. The van der Waals surface area contributed by atoms with Crippen LogP contribution in [0.4, 0.5) is 5.82 Å². The van der Waals surface area contributed by atoms with E-state index in [4.69, 9.17) is 11.6 Å². The van der Waals surface area contributed by atoms with Gasteiger partial charge in [0.1, 0.15) is 5.82 Å². The molecule has 0 amide bonds. The number of anilines is 1. The Morgan fingerprint density at radius 3 is 2.93 bits per heavy atom. The van der Waals surface area contributed by atoms with Crippen LogP contribution < -0.4 is 17.0 Å². The Hall–Kier alpha value is -1.44. The summed E-state index contributed by atoms with van der Waals surface area (Å²) in [5, 5.41) is 8.40. The van der Waals surface area contributed by atoms with Crippen LogP contribution in [0.1, 0.15) is 17.3 Å². The van der Waals surface area contributed by atoms with E-state index in [0.717, 1.165) is 11.3 Å². The maximum Gasteiger partial charge on any atom is 0.124 e. The SMILES string of the molecule is NNC(c1cscn1)c1cn[nH]c1N. The van der Waals surface area contributed by atoms with E-state index in [2.05, 4.69) is 20.6 Å². The monoisotopic (exact) mass is 210 g/mol. The summed E-state index contributed by atoms with van der Waals surface area (Å²) in [4.78, 5) is 4.16. The summed E-state index contributed by atoms with van der Waals surface area (Å²) in [5.41, 5.74) is 11.7. The second kappa shape index (κ2) is 3.74. The quantitative estimate of drug-likeness (QED) is 0.421. The summed E-state index contributed by atoms with van der Waals surface area (Å²) in [7, 11) is 0. The first kappa shape index (κ1) is 9.13. The minimum atomic E-state index is -0.208. The van der Waals surface area contributed by atoms with Gasteiger partial charge in [0.15, 0.2) is 0 Å². The highest BCUT2D eigenvalue weighted by molar-refractivity contribution is 7.07. The molecule has 1 unspecified atom stereocenters. The standard InChI is InChI=1S/C7H10N6S/c8-7-4(1-11-13-7)6(12-9)5-2-14-3-10-5/h1-3,6,12H,9H2,(H3,8,11,13). The van der Waals surface area contributed by atoms with Crippen LogP contribution in [0.15, 0.2) is 17.1 Å². The molecule has 74 valence electrons. The maximum absolute atomic E-state index is 5.69. The molecule has 0 aliphatic carbocycles. The molecule has 2 aromatic rings. The van der Waals surface area contributed by atoms with Crippen molar-refractivity contribution in [3.8, 4) is 0 Å². The van der Waals surface area contributed by atoms with Crippen molar-refractivity contribution in [1.29, 1.82) is 0 Å². The Labute approximate surface area is 84.3 Å². The van der Waals surface area contributed by atoms with Crippen molar-refractivity contribution >= 4 is 17.2 Å². The number of H-pyrrole nitrogens is 1. The zero-order chi connectivity index (χ0) is 9.97. The minimum absolute atomic E-state index is 0.208. The number of nitrogens with two attached hydrogens (primary N) is 2. The van der Waals surface area contributed by atoms with Crippen LogP contribution in [0.5, 0.6) is 0 Å². The fourth-order valence-electron chi connectivity index (χ4n) is 1.23. The van der Waals surface area contributed by atoms with E-state index in [0.29, 0.717) is 5.82 Å². The van der Waals surface area contributed by atoms with Gasteiger partial charge in [-0.15, -0.1) is 11.3 Å². The van der Waals surface area contributed by atoms with Gasteiger partial charge in [-0.1, -0.05) is 0 Å². The smallest absolute Gasteiger partial charge is 0.124 e. The predicted molar refractivity (Wildman–Crippen MR) is 54.3 cm³/mol. The normalized spacial score (nSPS) is 12.9. The van der Waals surface area contributed by atoms with E-state index in [1.807, 2.05) is 5.38 Å². The predicted octanol–water partition coefficient (Wildman–Crippen LogP) is 0.00110. The van der Waals surface area contributed by atoms with Crippen LogP contribution in [0.25, 0.3) is 0 Å². The van der Waals surface area contributed by atoms with Crippen molar-refractivity contribution in [1.82, 2.24) is 20.6 Å². The molecule has 0 aliphatic heterocycles. The molecular formula is C7H10N6S. The molecule has 2 aromatic heterocycles. The third-order valence-electron chi connectivity index (χ3n) is 1.92. The molecule has 7 heteroatoms. The second-order valence-electron chi connectivity index (χ2n) is 2.75. The van der Waals surface area contributed by atoms with Crippen LogP contribution in [0.2, 0.25) is 0 Å². The highest BCUT2D eigenvalue weighted by Crippen LogP contribution is 2.23. The van der Waals surface area contributed by atoms with E-state index in [-0.39, 0.29) is 6.04 Å². The van der Waals surface area contributed by atoms with Crippen molar-refractivity contribution < 1.29 is 0 Å². The Morgan fingerprint density at radius 1 is 1.57 bits per heavy atom. The van der Waals surface area contributed by atoms with Gasteiger partial charge in [0.25, 0.3) is 0 Å². The average molecular weight is 210 g/mol. The number of aromatic amines is 1. The lowest BCUT2D eigenvalue weighted by Gasteiger charge is -2.11. The summed E-state index contributed by atoms with van der Waals surface area (Å²) >= 11 is 1.51. The number of aromatic nitrogens is 3. The number of nitrogens with zero attached hydrogens (tertiary/aromatic N) is 2. The van der Waals surface area contributed by atoms with Gasteiger partial charge in [-0.2, -0.15) is 5.10 Å². The van der Waals surface area contributed by atoms with Crippen molar-refractivity contribution in [2.24, 2.45) is 5.84 Å². The zero-order valence-corrected chi connectivity index (χ0v) is 8.08. The number of nitrogens with one attached hydrogen (secondary N) is 2. The van der Waals surface area contributed by atoms with Crippen molar-refractivity contribution in [2.75, 3.05) is 5.73 Å². The molecule has 2 rings (SSSR count). The van der Waals surface area contributed by atoms with Crippen LogP contribution in [0.3, 0.4) is 0 Å². The van der Waals surface area contributed by atoms with Crippen molar-refractivity contribution in [3.05, 3.63) is 28.3 Å². The van der Waals surface area contributed by atoms with Gasteiger partial charge in [0.05, 0.1) is 23.4 Å². The molecule has 0 fully saturated rings. The number of hydrogen-bond donors (Lipinski definition) is 4. The second-order valence-corrected chi connectivity index (χ2v) is 3.47. The Kier molecular flexibility index (Phi) is 2.44. The summed E-state index contributed by atoms with van der Waals surface area (Å²) < 4.78 is 0. The summed E-state index contributed by atoms with van der Waals surface area (Å²) in [6.45, 7) is 0. The third-order valence-corrected chi connectivity index (χ3v) is 2.53. The van der Waals surface area contributed by atoms with E-state index in [9.17, 15) is 0 Å². The molecule has 0 aromatic carbocycles. The number of hydrazine groups is 1. The van der Waals surface area contributed by atoms with Crippen LogP contribution in [-0.4, -0.2) is 15.2 Å². The summed E-state index contributed by atoms with van der Waals surface area (Å²) in [6.07, 6.45) is 1.64. The molecule has 6 nitrogen and oxygen atoms in total. The molecule has 0 bridgehead atoms. The molecule has 0 saturated heterocycles. The van der Waals surface area contributed by atoms with Gasteiger partial charge in [0.2, 0.25) is 0 Å². The van der Waals surface area contributed by atoms with E-state index in [1.54, 1.807) is 11.7 Å². The Bertz CT molecular complexity index is 394. The summed E-state index contributed by atoms with van der Waals surface area (Å²) in [6, 6.07) is -0.208. The maximum atomic E-state index is 5.69. The highest BCUT2D eigenvalue weighted by atomic mass is 32.1. The van der Waals surface area contributed by atoms with Crippen LogP contribution >= 0.6 is 11.3 Å². The van der Waals surface area contributed by atoms with Gasteiger partial charge in [0, 0.05) is 10.9 Å². The van der Waals surface area contributed by atoms with Gasteiger partial charge in [-0.05, 0) is 0 Å². The Morgan fingerprint density at radius 2 is 2.43 bits per heavy atom. The number of rotatable bonds is 3. The molecule has 2 heterocycles. The molecule has 0 aliphatic rings. The lowest BCUT2D eigenvalue weighted by atomic mass is 10.1. The first-order chi connectivity index (χ1) is 6.83. The van der Waals surface area contributed by atoms with Crippen LogP contribution in [0, 0.1) is 0 Å². The zero-order valence-electron chi connectivity index (χ0n) is 7.27. The lowest BCUT2D eigenvalue weighted by Crippen LogP contribution is -2.29. The lowest BCUT2D eigenvalue weighted by molar-refractivity contribution is 0.626. The minimum Gasteiger partial charge on any atom is -0.384 e. The van der Waals surface area contributed by atoms with E-state index in [1.165, 1.54) is 11.3 Å². The number of nitrogen functional groups attached to an aromatic ring is 1. The molecule has 14 heavy (non-hydrogen) atoms.